The molecule has 0 bridgehead atoms. The third kappa shape index (κ3) is 15.2. The Bertz CT molecular complexity index is 1010. The fourth-order valence-electron chi connectivity index (χ4n) is 3.00. The minimum Gasteiger partial charge on any atom is -0.491 e. The lowest BCUT2D eigenvalue weighted by molar-refractivity contribution is -0.122. The van der Waals surface area contributed by atoms with E-state index in [-0.39, 0.29) is 18.2 Å². The average Bonchev–Trinajstić information content (AvgIpc) is 2.95. The van der Waals surface area contributed by atoms with Gasteiger partial charge in [0.2, 0.25) is 17.6 Å². The molecule has 0 saturated carbocycles. The first-order valence-corrected chi connectivity index (χ1v) is 13.2. The summed E-state index contributed by atoms with van der Waals surface area (Å²) in [4.78, 5) is 23.1. The van der Waals surface area contributed by atoms with E-state index in [1.807, 2.05) is 24.3 Å². The number of ether oxygens (including phenoxy) is 5. The summed E-state index contributed by atoms with van der Waals surface area (Å²) in [6.45, 7) is 11.8. The molecule has 0 radical (unpaired) electrons. The molecule has 1 heterocycles. The van der Waals surface area contributed by atoms with Crippen LogP contribution in [0.4, 0.5) is 0 Å². The summed E-state index contributed by atoms with van der Waals surface area (Å²) in [6, 6.07) is 7.38. The first kappa shape index (κ1) is 32.7. The third-order valence-corrected chi connectivity index (χ3v) is 5.13. The van der Waals surface area contributed by atoms with E-state index in [2.05, 4.69) is 37.6 Å². The molecular weight excluding hydrogens is 520 g/mol. The molecule has 0 aliphatic carbocycles. The molecule has 13 nitrogen and oxygen atoms in total. The molecule has 1 aromatic heterocycles. The molecule has 0 atom stereocenters. The smallest absolute Gasteiger partial charge is 0.246 e. The predicted octanol–water partition coefficient (Wildman–Crippen LogP) is 1.28. The van der Waals surface area contributed by atoms with Gasteiger partial charge in [0.15, 0.2) is 5.82 Å². The minimum absolute atomic E-state index is 0.0895. The largest absolute Gasteiger partial charge is 0.491 e. The van der Waals surface area contributed by atoms with Gasteiger partial charge in [-0.3, -0.25) is 9.59 Å². The molecule has 2 amide bonds. The first-order valence-electron chi connectivity index (χ1n) is 13.2. The van der Waals surface area contributed by atoms with Crippen molar-refractivity contribution in [1.82, 2.24) is 31.0 Å². The summed E-state index contributed by atoms with van der Waals surface area (Å²) >= 11 is 0. The molecule has 0 fully saturated rings. The average molecular weight is 561 g/mol. The van der Waals surface area contributed by atoms with Gasteiger partial charge in [-0.15, -0.1) is 20.4 Å². The SMILES string of the molecule is C=C(C)C(=O)NCCCNC(=O)CCOCCOCCOCCOCCOc1ccc(-c2nnc(C)nn2)cc1. The van der Waals surface area contributed by atoms with Crippen molar-refractivity contribution < 1.29 is 33.3 Å². The zero-order valence-electron chi connectivity index (χ0n) is 23.4. The number of benzene rings is 1. The van der Waals surface area contributed by atoms with E-state index in [0.29, 0.717) is 96.2 Å². The van der Waals surface area contributed by atoms with Gasteiger partial charge in [-0.1, -0.05) is 6.58 Å². The topological polar surface area (TPSA) is 156 Å². The van der Waals surface area contributed by atoms with Crippen molar-refractivity contribution in [2.24, 2.45) is 0 Å². The van der Waals surface area contributed by atoms with E-state index in [1.54, 1.807) is 13.8 Å². The number of nitrogens with zero attached hydrogens (tertiary/aromatic N) is 4. The fourth-order valence-corrected chi connectivity index (χ4v) is 3.00. The zero-order chi connectivity index (χ0) is 28.8. The monoisotopic (exact) mass is 560 g/mol. The number of aromatic nitrogens is 4. The third-order valence-electron chi connectivity index (χ3n) is 5.13. The number of hydrogen-bond donors (Lipinski definition) is 2. The van der Waals surface area contributed by atoms with Gasteiger partial charge < -0.3 is 34.3 Å². The second-order valence-corrected chi connectivity index (χ2v) is 8.58. The van der Waals surface area contributed by atoms with Crippen LogP contribution >= 0.6 is 0 Å². The molecule has 0 aliphatic heterocycles. The number of carbonyl (C=O) groups excluding carboxylic acids is 2. The van der Waals surface area contributed by atoms with Gasteiger partial charge in [-0.25, -0.2) is 0 Å². The van der Waals surface area contributed by atoms with Gasteiger partial charge in [0.1, 0.15) is 12.4 Å². The van der Waals surface area contributed by atoms with Crippen LogP contribution in [0.2, 0.25) is 0 Å². The van der Waals surface area contributed by atoms with Crippen LogP contribution in [-0.2, 0) is 28.5 Å². The molecule has 0 saturated heterocycles. The number of nitrogens with one attached hydrogen (secondary N) is 2. The van der Waals surface area contributed by atoms with Crippen molar-refractivity contribution in [3.63, 3.8) is 0 Å². The number of hydrogen-bond acceptors (Lipinski definition) is 11. The summed E-state index contributed by atoms with van der Waals surface area (Å²) in [7, 11) is 0. The van der Waals surface area contributed by atoms with Crippen molar-refractivity contribution >= 4 is 11.8 Å². The van der Waals surface area contributed by atoms with E-state index in [1.165, 1.54) is 0 Å². The predicted molar refractivity (Wildman–Crippen MR) is 147 cm³/mol. The second-order valence-electron chi connectivity index (χ2n) is 8.58. The van der Waals surface area contributed by atoms with Gasteiger partial charge in [0, 0.05) is 30.6 Å². The van der Waals surface area contributed by atoms with Crippen LogP contribution in [0.5, 0.6) is 5.75 Å². The molecule has 2 aromatic rings. The molecule has 2 rings (SSSR count). The Labute approximate surface area is 235 Å². The summed E-state index contributed by atoms with van der Waals surface area (Å²) in [5.74, 6) is 1.45. The van der Waals surface area contributed by atoms with Crippen LogP contribution in [0, 0.1) is 6.92 Å². The van der Waals surface area contributed by atoms with Crippen LogP contribution < -0.4 is 15.4 Å². The highest BCUT2D eigenvalue weighted by molar-refractivity contribution is 5.92. The number of carbonyl (C=O) groups is 2. The maximum absolute atomic E-state index is 11.7. The molecular formula is C27H40N6O7. The summed E-state index contributed by atoms with van der Waals surface area (Å²) in [5.41, 5.74) is 1.28. The van der Waals surface area contributed by atoms with E-state index in [9.17, 15) is 9.59 Å². The molecule has 0 unspecified atom stereocenters. The zero-order valence-corrected chi connectivity index (χ0v) is 23.4. The van der Waals surface area contributed by atoms with Crippen LogP contribution in [0.3, 0.4) is 0 Å². The molecule has 13 heteroatoms. The molecule has 2 N–H and O–H groups in total. The summed E-state index contributed by atoms with van der Waals surface area (Å²) in [5, 5.41) is 21.3. The number of amides is 2. The Balaban J connectivity index is 1.31. The van der Waals surface area contributed by atoms with Crippen molar-refractivity contribution in [2.75, 3.05) is 72.6 Å². The van der Waals surface area contributed by atoms with E-state index in [0.717, 1.165) is 11.3 Å². The molecule has 0 spiro atoms. The molecule has 1 aromatic carbocycles. The minimum atomic E-state index is -0.175. The Morgan fingerprint density at radius 2 is 1.27 bits per heavy atom. The lowest BCUT2D eigenvalue weighted by Crippen LogP contribution is -2.30. The molecule has 220 valence electrons. The fraction of sp³-hybridized carbons (Fsp3) is 0.556. The summed E-state index contributed by atoms with van der Waals surface area (Å²) < 4.78 is 27.5. The standard InChI is InChI=1S/C27H40N6O7/c1-21(2)27(35)29-11-4-10-28-25(34)9-12-36-13-14-37-15-16-38-17-18-39-19-20-40-24-7-5-23(6-8-24)26-32-30-22(3)31-33-26/h5-8H,1,4,9-20H2,2-3H3,(H,28,34)(H,29,35). The molecule has 0 aliphatic rings. The van der Waals surface area contributed by atoms with Crippen LogP contribution in [0.1, 0.15) is 25.6 Å². The van der Waals surface area contributed by atoms with Crippen molar-refractivity contribution in [1.29, 1.82) is 0 Å². The Morgan fingerprint density at radius 3 is 1.85 bits per heavy atom. The van der Waals surface area contributed by atoms with Crippen molar-refractivity contribution in [3.05, 3.63) is 42.2 Å². The van der Waals surface area contributed by atoms with Gasteiger partial charge in [0.05, 0.1) is 52.9 Å². The Kier molecular flexibility index (Phi) is 16.7. The van der Waals surface area contributed by atoms with Crippen molar-refractivity contribution in [2.45, 2.75) is 26.7 Å². The van der Waals surface area contributed by atoms with Gasteiger partial charge >= 0.3 is 0 Å². The lowest BCUT2D eigenvalue weighted by Gasteiger charge is -2.09. The Hall–Kier alpha value is -3.52. The van der Waals surface area contributed by atoms with Gasteiger partial charge in [0.25, 0.3) is 0 Å². The highest BCUT2D eigenvalue weighted by atomic mass is 16.6. The van der Waals surface area contributed by atoms with E-state index < -0.39 is 0 Å². The maximum atomic E-state index is 11.7. The number of rotatable bonds is 22. The number of aryl methyl sites for hydroxylation is 1. The van der Waals surface area contributed by atoms with Crippen LogP contribution in [-0.4, -0.2) is 105 Å². The molecule has 40 heavy (non-hydrogen) atoms. The quantitative estimate of drug-likeness (QED) is 0.158. The van der Waals surface area contributed by atoms with Crippen LogP contribution in [0.25, 0.3) is 11.4 Å². The van der Waals surface area contributed by atoms with Gasteiger partial charge in [-0.2, -0.15) is 0 Å². The van der Waals surface area contributed by atoms with Gasteiger partial charge in [-0.05, 0) is 44.5 Å². The Morgan fingerprint density at radius 1 is 0.750 bits per heavy atom. The maximum Gasteiger partial charge on any atom is 0.246 e. The van der Waals surface area contributed by atoms with E-state index in [4.69, 9.17) is 23.7 Å². The summed E-state index contributed by atoms with van der Waals surface area (Å²) in [6.07, 6.45) is 0.929. The normalized spacial score (nSPS) is 10.8. The lowest BCUT2D eigenvalue weighted by atomic mass is 10.2. The van der Waals surface area contributed by atoms with Crippen molar-refractivity contribution in [3.8, 4) is 17.1 Å². The van der Waals surface area contributed by atoms with E-state index >= 15 is 0 Å². The second kappa shape index (κ2) is 20.4. The first-order chi connectivity index (χ1) is 19.5. The highest BCUT2D eigenvalue weighted by Gasteiger charge is 2.04. The highest BCUT2D eigenvalue weighted by Crippen LogP contribution is 2.18. The van der Waals surface area contributed by atoms with Crippen LogP contribution in [0.15, 0.2) is 36.4 Å².